The summed E-state index contributed by atoms with van der Waals surface area (Å²) >= 11 is 0. The number of fused-ring (bicyclic) bond motifs is 4. The van der Waals surface area contributed by atoms with Gasteiger partial charge in [-0.3, -0.25) is 19.2 Å². The quantitative estimate of drug-likeness (QED) is 0.279. The molecule has 0 aromatic heterocycles. The van der Waals surface area contributed by atoms with Crippen LogP contribution in [0.25, 0.3) is 11.1 Å². The van der Waals surface area contributed by atoms with E-state index in [1.165, 1.54) is 60.7 Å². The number of carbonyl (C=O) groups is 4. The third-order valence-corrected chi connectivity index (χ3v) is 6.58. The second-order valence-electron chi connectivity index (χ2n) is 8.52. The number of phenols is 4. The topological polar surface area (TPSA) is 149 Å². The first-order valence-corrected chi connectivity index (χ1v) is 10.8. The van der Waals surface area contributed by atoms with Crippen LogP contribution in [0.5, 0.6) is 23.0 Å². The molecule has 4 aromatic rings. The van der Waals surface area contributed by atoms with Crippen molar-refractivity contribution in [3.05, 3.63) is 105 Å². The van der Waals surface area contributed by atoms with Gasteiger partial charge in [-0.1, -0.05) is 24.3 Å². The van der Waals surface area contributed by atoms with Gasteiger partial charge in [0.1, 0.15) is 23.0 Å². The van der Waals surface area contributed by atoms with Gasteiger partial charge in [-0.05, 0) is 42.0 Å². The zero-order valence-electron chi connectivity index (χ0n) is 18.2. The lowest BCUT2D eigenvalue weighted by molar-refractivity contribution is 0.0974. The highest BCUT2D eigenvalue weighted by Gasteiger charge is 2.37. The Bertz CT molecular complexity index is 1750. The molecule has 4 N–H and O–H groups in total. The van der Waals surface area contributed by atoms with Crippen LogP contribution < -0.4 is 0 Å². The number of benzene rings is 4. The fourth-order valence-electron chi connectivity index (χ4n) is 4.92. The van der Waals surface area contributed by atoms with Crippen LogP contribution in [0.15, 0.2) is 60.7 Å². The van der Waals surface area contributed by atoms with Crippen molar-refractivity contribution in [3.63, 3.8) is 0 Å². The second kappa shape index (κ2) is 7.13. The Labute approximate surface area is 202 Å². The molecular formula is C28H14O8. The number of hydrogen-bond acceptors (Lipinski definition) is 8. The van der Waals surface area contributed by atoms with Crippen molar-refractivity contribution in [1.29, 1.82) is 0 Å². The Hall–Kier alpha value is -5.24. The van der Waals surface area contributed by atoms with Gasteiger partial charge in [0.05, 0.1) is 22.3 Å². The SMILES string of the molecule is O=C1c2cccc(O)c2C(=O)c2c1ccc(-c1cc(O)c3c(c1)C(=O)c1c(O)cccc1C3=O)c2O. The number of phenolic OH excluding ortho intramolecular Hbond substituents is 4. The summed E-state index contributed by atoms with van der Waals surface area (Å²) in [4.78, 5) is 52.3. The molecule has 2 aliphatic carbocycles. The van der Waals surface area contributed by atoms with Gasteiger partial charge in [0.15, 0.2) is 17.3 Å². The highest BCUT2D eigenvalue weighted by atomic mass is 16.3. The van der Waals surface area contributed by atoms with Crippen LogP contribution in [-0.4, -0.2) is 43.6 Å². The van der Waals surface area contributed by atoms with E-state index in [9.17, 15) is 39.6 Å². The molecule has 0 spiro atoms. The van der Waals surface area contributed by atoms with Crippen LogP contribution >= 0.6 is 0 Å². The molecule has 0 unspecified atom stereocenters. The van der Waals surface area contributed by atoms with E-state index in [2.05, 4.69) is 0 Å². The van der Waals surface area contributed by atoms with Crippen molar-refractivity contribution < 1.29 is 39.6 Å². The molecule has 0 atom stereocenters. The summed E-state index contributed by atoms with van der Waals surface area (Å²) in [7, 11) is 0. The summed E-state index contributed by atoms with van der Waals surface area (Å²) in [5.41, 5.74) is -1.19. The predicted molar refractivity (Wildman–Crippen MR) is 125 cm³/mol. The van der Waals surface area contributed by atoms with Gasteiger partial charge in [0.2, 0.25) is 5.78 Å². The predicted octanol–water partition coefficient (Wildman–Crippen LogP) is 3.73. The molecule has 174 valence electrons. The maximum absolute atomic E-state index is 13.2. The Morgan fingerprint density at radius 2 is 0.917 bits per heavy atom. The maximum atomic E-state index is 13.2. The molecule has 2 aliphatic rings. The van der Waals surface area contributed by atoms with Crippen molar-refractivity contribution in [2.45, 2.75) is 0 Å². The van der Waals surface area contributed by atoms with E-state index < -0.39 is 40.4 Å². The molecule has 8 heteroatoms. The van der Waals surface area contributed by atoms with Crippen molar-refractivity contribution in [1.82, 2.24) is 0 Å². The third-order valence-electron chi connectivity index (χ3n) is 6.58. The minimum Gasteiger partial charge on any atom is -0.507 e. The summed E-state index contributed by atoms with van der Waals surface area (Å²) in [6.07, 6.45) is 0. The molecule has 0 amide bonds. The molecule has 0 bridgehead atoms. The number of aromatic hydroxyl groups is 4. The van der Waals surface area contributed by atoms with Crippen molar-refractivity contribution in [2.24, 2.45) is 0 Å². The average Bonchev–Trinajstić information content (AvgIpc) is 2.85. The first kappa shape index (κ1) is 21.3. The lowest BCUT2D eigenvalue weighted by atomic mass is 9.80. The molecule has 36 heavy (non-hydrogen) atoms. The summed E-state index contributed by atoms with van der Waals surface area (Å²) in [6.45, 7) is 0. The van der Waals surface area contributed by atoms with Crippen molar-refractivity contribution in [3.8, 4) is 34.1 Å². The average molecular weight is 478 g/mol. The highest BCUT2D eigenvalue weighted by Crippen LogP contribution is 2.44. The first-order chi connectivity index (χ1) is 17.2. The van der Waals surface area contributed by atoms with Crippen LogP contribution in [0.2, 0.25) is 0 Å². The van der Waals surface area contributed by atoms with Crippen LogP contribution in [0.3, 0.4) is 0 Å². The molecule has 8 nitrogen and oxygen atoms in total. The Balaban J connectivity index is 1.56. The molecular weight excluding hydrogens is 464 g/mol. The van der Waals surface area contributed by atoms with Crippen molar-refractivity contribution >= 4 is 23.1 Å². The number of hydrogen-bond donors (Lipinski definition) is 4. The maximum Gasteiger partial charge on any atom is 0.201 e. The van der Waals surface area contributed by atoms with E-state index in [0.29, 0.717) is 0 Å². The van der Waals surface area contributed by atoms with Gasteiger partial charge in [-0.2, -0.15) is 0 Å². The third kappa shape index (κ3) is 2.63. The van der Waals surface area contributed by atoms with E-state index in [1.807, 2.05) is 0 Å². The number of rotatable bonds is 1. The lowest BCUT2D eigenvalue weighted by Crippen LogP contribution is -2.22. The first-order valence-electron chi connectivity index (χ1n) is 10.8. The summed E-state index contributed by atoms with van der Waals surface area (Å²) < 4.78 is 0. The van der Waals surface area contributed by atoms with Gasteiger partial charge in [0, 0.05) is 27.8 Å². The normalized spacial score (nSPS) is 13.7. The molecule has 0 heterocycles. The Morgan fingerprint density at radius 3 is 1.58 bits per heavy atom. The number of ketones is 4. The largest absolute Gasteiger partial charge is 0.507 e. The van der Waals surface area contributed by atoms with Gasteiger partial charge < -0.3 is 20.4 Å². The zero-order chi connectivity index (χ0) is 25.5. The van der Waals surface area contributed by atoms with Gasteiger partial charge in [0.25, 0.3) is 0 Å². The fraction of sp³-hybridized carbons (Fsp3) is 0. The minimum atomic E-state index is -0.760. The molecule has 0 saturated carbocycles. The molecule has 0 radical (unpaired) electrons. The minimum absolute atomic E-state index is 0.00802. The fourth-order valence-corrected chi connectivity index (χ4v) is 4.92. The summed E-state index contributed by atoms with van der Waals surface area (Å²) in [5, 5.41) is 42.2. The zero-order valence-corrected chi connectivity index (χ0v) is 18.2. The highest BCUT2D eigenvalue weighted by molar-refractivity contribution is 6.32. The van der Waals surface area contributed by atoms with E-state index in [1.54, 1.807) is 0 Å². The lowest BCUT2D eigenvalue weighted by Gasteiger charge is -2.22. The van der Waals surface area contributed by atoms with Gasteiger partial charge in [-0.25, -0.2) is 0 Å². The molecule has 0 aliphatic heterocycles. The Kier molecular flexibility index (Phi) is 4.22. The van der Waals surface area contributed by atoms with E-state index in [4.69, 9.17) is 0 Å². The van der Waals surface area contributed by atoms with Gasteiger partial charge >= 0.3 is 0 Å². The van der Waals surface area contributed by atoms with E-state index >= 15 is 0 Å². The van der Waals surface area contributed by atoms with Gasteiger partial charge in [-0.15, -0.1) is 0 Å². The van der Waals surface area contributed by atoms with Crippen LogP contribution in [-0.2, 0) is 0 Å². The summed E-state index contributed by atoms with van der Waals surface area (Å²) in [6, 6.07) is 13.3. The molecule has 0 fully saturated rings. The number of carbonyl (C=O) groups excluding carboxylic acids is 4. The standard InChI is InChI=1S/C28H14O8/c29-17-5-2-4-14-20(17)27(35)16-9-11(10-19(31)22(16)26(14)34)12-7-8-15-23(25(12)33)28(36)21-13(24(15)32)3-1-6-18(21)30/h1-10,29-31,33H. The monoisotopic (exact) mass is 478 g/mol. The van der Waals surface area contributed by atoms with E-state index in [0.717, 1.165) is 0 Å². The molecule has 0 saturated heterocycles. The molecule has 6 rings (SSSR count). The summed E-state index contributed by atoms with van der Waals surface area (Å²) in [5.74, 6) is -4.58. The van der Waals surface area contributed by atoms with E-state index in [-0.39, 0.29) is 61.4 Å². The van der Waals surface area contributed by atoms with Crippen LogP contribution in [0.1, 0.15) is 63.7 Å². The van der Waals surface area contributed by atoms with Crippen LogP contribution in [0.4, 0.5) is 0 Å². The molecule has 4 aromatic carbocycles. The van der Waals surface area contributed by atoms with Crippen LogP contribution in [0, 0.1) is 0 Å². The Morgan fingerprint density at radius 1 is 0.417 bits per heavy atom. The van der Waals surface area contributed by atoms with Crippen molar-refractivity contribution in [2.75, 3.05) is 0 Å². The smallest absolute Gasteiger partial charge is 0.201 e. The second-order valence-corrected chi connectivity index (χ2v) is 8.52.